The molecule has 19 heavy (non-hydrogen) atoms. The minimum atomic E-state index is -0.825. The van der Waals surface area contributed by atoms with Gasteiger partial charge in [0, 0.05) is 0 Å². The average Bonchev–Trinajstić information content (AvgIpc) is 2.88. The van der Waals surface area contributed by atoms with Gasteiger partial charge in [-0.2, -0.15) is 0 Å². The number of hydrogen-bond donors (Lipinski definition) is 2. The van der Waals surface area contributed by atoms with Gasteiger partial charge in [-0.3, -0.25) is 19.3 Å². The van der Waals surface area contributed by atoms with Crippen molar-refractivity contribution in [3.8, 4) is 0 Å². The van der Waals surface area contributed by atoms with Crippen molar-refractivity contribution in [3.05, 3.63) is 0 Å². The number of carbonyl (C=O) groups is 3. The normalized spacial score (nSPS) is 33.6. The minimum absolute atomic E-state index is 0.121. The number of hydrogen-bond acceptors (Lipinski definition) is 7. The lowest BCUT2D eigenvalue weighted by Crippen LogP contribution is -2.54. The number of fused-ring (bicyclic) bond motifs is 2. The third-order valence-corrected chi connectivity index (χ3v) is 3.75. The molecule has 3 rings (SSSR count). The van der Waals surface area contributed by atoms with E-state index in [-0.39, 0.29) is 17.4 Å². The molecule has 1 amide bonds. The highest BCUT2D eigenvalue weighted by atomic mass is 16.5. The van der Waals surface area contributed by atoms with Gasteiger partial charge in [0.05, 0.1) is 25.4 Å². The summed E-state index contributed by atoms with van der Waals surface area (Å²) in [5.74, 6) is -2.41. The maximum absolute atomic E-state index is 12.2. The third-order valence-electron chi connectivity index (χ3n) is 3.75. The zero-order valence-electron chi connectivity index (χ0n) is 10.4. The Kier molecular flexibility index (Phi) is 2.83. The SMILES string of the molecule is COC(=O)[C@@H]1CC[C@H]2C(=O)N3CNN[C@H]3N=C2C1=O. The Labute approximate surface area is 109 Å². The molecule has 102 valence electrons. The van der Waals surface area contributed by atoms with Crippen LogP contribution in [0.5, 0.6) is 0 Å². The van der Waals surface area contributed by atoms with Crippen LogP contribution in [-0.2, 0) is 19.1 Å². The van der Waals surface area contributed by atoms with Gasteiger partial charge in [0.2, 0.25) is 5.91 Å². The number of nitrogens with zero attached hydrogens (tertiary/aromatic N) is 2. The fourth-order valence-corrected chi connectivity index (χ4v) is 2.73. The maximum atomic E-state index is 12.2. The predicted molar refractivity (Wildman–Crippen MR) is 62.4 cm³/mol. The number of aliphatic imine (C=N–C) groups is 1. The van der Waals surface area contributed by atoms with Crippen molar-refractivity contribution >= 4 is 23.4 Å². The van der Waals surface area contributed by atoms with Gasteiger partial charge in [0.25, 0.3) is 0 Å². The van der Waals surface area contributed by atoms with E-state index in [2.05, 4.69) is 20.6 Å². The summed E-state index contributed by atoms with van der Waals surface area (Å²) < 4.78 is 4.62. The van der Waals surface area contributed by atoms with Gasteiger partial charge in [0.15, 0.2) is 12.1 Å². The number of carbonyl (C=O) groups excluding carboxylic acids is 3. The first-order chi connectivity index (χ1) is 9.13. The average molecular weight is 266 g/mol. The summed E-state index contributed by atoms with van der Waals surface area (Å²) in [5, 5.41) is 0. The van der Waals surface area contributed by atoms with Crippen molar-refractivity contribution < 1.29 is 19.1 Å². The molecule has 0 aromatic heterocycles. The minimum Gasteiger partial charge on any atom is -0.468 e. The molecule has 0 bridgehead atoms. The van der Waals surface area contributed by atoms with Gasteiger partial charge in [-0.25, -0.2) is 15.8 Å². The van der Waals surface area contributed by atoms with Crippen LogP contribution in [0, 0.1) is 11.8 Å². The molecule has 1 aliphatic carbocycles. The molecular weight excluding hydrogens is 252 g/mol. The van der Waals surface area contributed by atoms with E-state index in [1.165, 1.54) is 7.11 Å². The van der Waals surface area contributed by atoms with Crippen molar-refractivity contribution in [1.82, 2.24) is 15.8 Å². The molecule has 0 unspecified atom stereocenters. The second-order valence-electron chi connectivity index (χ2n) is 4.75. The molecule has 1 saturated carbocycles. The second kappa shape index (κ2) is 4.39. The third kappa shape index (κ3) is 1.75. The standard InChI is InChI=1S/C11H14N4O4/c1-19-10(18)6-3-2-5-7(8(6)16)13-11-14-12-4-15(11)9(5)17/h5-6,11-12,14H,2-4H2,1H3/t5-,6-,11-/m1/s1. The number of amides is 1. The largest absolute Gasteiger partial charge is 0.468 e. The molecule has 8 nitrogen and oxygen atoms in total. The van der Waals surface area contributed by atoms with Crippen molar-refractivity contribution in [1.29, 1.82) is 0 Å². The number of ether oxygens (including phenoxy) is 1. The zero-order chi connectivity index (χ0) is 13.6. The van der Waals surface area contributed by atoms with Gasteiger partial charge in [0.1, 0.15) is 5.92 Å². The number of nitrogens with one attached hydrogen (secondary N) is 2. The highest BCUT2D eigenvalue weighted by molar-refractivity contribution is 6.47. The topological polar surface area (TPSA) is 100 Å². The van der Waals surface area contributed by atoms with Crippen LogP contribution >= 0.6 is 0 Å². The summed E-state index contributed by atoms with van der Waals surface area (Å²) in [6, 6.07) is 0. The van der Waals surface area contributed by atoms with Crippen molar-refractivity contribution in [2.24, 2.45) is 16.8 Å². The Bertz CT molecular complexity index is 489. The van der Waals surface area contributed by atoms with E-state index in [9.17, 15) is 14.4 Å². The first-order valence-corrected chi connectivity index (χ1v) is 6.12. The molecule has 0 radical (unpaired) electrons. The summed E-state index contributed by atoms with van der Waals surface area (Å²) in [6.07, 6.45) is 0.228. The maximum Gasteiger partial charge on any atom is 0.316 e. The Morgan fingerprint density at radius 1 is 1.42 bits per heavy atom. The summed E-state index contributed by atoms with van der Waals surface area (Å²) >= 11 is 0. The van der Waals surface area contributed by atoms with Gasteiger partial charge in [-0.1, -0.05) is 0 Å². The fraction of sp³-hybridized carbons (Fsp3) is 0.636. The molecular formula is C11H14N4O4. The molecule has 2 fully saturated rings. The Balaban J connectivity index is 1.92. The Hall–Kier alpha value is -1.80. The van der Waals surface area contributed by atoms with E-state index in [0.29, 0.717) is 19.5 Å². The summed E-state index contributed by atoms with van der Waals surface area (Å²) in [5.41, 5.74) is 5.81. The van der Waals surface area contributed by atoms with Crippen LogP contribution in [0.3, 0.4) is 0 Å². The van der Waals surface area contributed by atoms with E-state index in [1.54, 1.807) is 4.90 Å². The van der Waals surface area contributed by atoms with Crippen LogP contribution in [0.15, 0.2) is 4.99 Å². The number of methoxy groups -OCH3 is 1. The van der Waals surface area contributed by atoms with Gasteiger partial charge >= 0.3 is 5.97 Å². The molecule has 3 aliphatic rings. The lowest BCUT2D eigenvalue weighted by Gasteiger charge is -2.35. The highest BCUT2D eigenvalue weighted by Crippen LogP contribution is 2.30. The van der Waals surface area contributed by atoms with E-state index >= 15 is 0 Å². The molecule has 2 N–H and O–H groups in total. The van der Waals surface area contributed by atoms with Crippen LogP contribution in [-0.4, -0.2) is 48.3 Å². The van der Waals surface area contributed by atoms with Crippen LogP contribution < -0.4 is 10.9 Å². The van der Waals surface area contributed by atoms with Gasteiger partial charge in [-0.05, 0) is 12.8 Å². The van der Waals surface area contributed by atoms with Gasteiger partial charge < -0.3 is 4.74 Å². The van der Waals surface area contributed by atoms with Crippen LogP contribution in [0.1, 0.15) is 12.8 Å². The molecule has 0 spiro atoms. The lowest BCUT2D eigenvalue weighted by atomic mass is 9.78. The fourth-order valence-electron chi connectivity index (χ4n) is 2.73. The van der Waals surface area contributed by atoms with Crippen LogP contribution in [0.4, 0.5) is 0 Å². The smallest absolute Gasteiger partial charge is 0.316 e. The monoisotopic (exact) mass is 266 g/mol. The van der Waals surface area contributed by atoms with Crippen LogP contribution in [0.2, 0.25) is 0 Å². The lowest BCUT2D eigenvalue weighted by molar-refractivity contribution is -0.150. The van der Waals surface area contributed by atoms with E-state index < -0.39 is 24.1 Å². The number of ketones is 1. The van der Waals surface area contributed by atoms with E-state index in [0.717, 1.165) is 0 Å². The summed E-state index contributed by atoms with van der Waals surface area (Å²) in [7, 11) is 1.25. The first kappa shape index (κ1) is 12.2. The molecule has 1 saturated heterocycles. The van der Waals surface area contributed by atoms with Crippen LogP contribution in [0.25, 0.3) is 0 Å². The molecule has 3 atom stereocenters. The quantitative estimate of drug-likeness (QED) is 0.437. The van der Waals surface area contributed by atoms with Crippen molar-refractivity contribution in [2.75, 3.05) is 13.8 Å². The summed E-state index contributed by atoms with van der Waals surface area (Å²) in [6.45, 7) is 0.366. The molecule has 2 aliphatic heterocycles. The number of Topliss-reactive ketones (excluding diaryl/α,β-unsaturated/α-hetero) is 1. The highest BCUT2D eigenvalue weighted by Gasteiger charge is 2.48. The zero-order valence-corrected chi connectivity index (χ0v) is 10.4. The van der Waals surface area contributed by atoms with Gasteiger partial charge in [-0.15, -0.1) is 0 Å². The summed E-state index contributed by atoms with van der Waals surface area (Å²) in [4.78, 5) is 41.8. The van der Waals surface area contributed by atoms with Crippen molar-refractivity contribution in [2.45, 2.75) is 19.1 Å². The second-order valence-corrected chi connectivity index (χ2v) is 4.75. The Morgan fingerprint density at radius 2 is 2.21 bits per heavy atom. The van der Waals surface area contributed by atoms with Crippen molar-refractivity contribution in [3.63, 3.8) is 0 Å². The number of esters is 1. The first-order valence-electron chi connectivity index (χ1n) is 6.12. The molecule has 0 aromatic carbocycles. The van der Waals surface area contributed by atoms with E-state index in [1.807, 2.05) is 0 Å². The number of rotatable bonds is 1. The molecule has 8 heteroatoms. The van der Waals surface area contributed by atoms with E-state index in [4.69, 9.17) is 0 Å². The Morgan fingerprint density at radius 3 is 2.95 bits per heavy atom. The number of hydrazine groups is 1. The predicted octanol–water partition coefficient (Wildman–Crippen LogP) is -1.61. The molecule has 2 heterocycles. The molecule has 0 aromatic rings.